The van der Waals surface area contributed by atoms with Gasteiger partial charge in [-0.25, -0.2) is 0 Å². The van der Waals surface area contributed by atoms with Crippen molar-refractivity contribution in [3.05, 3.63) is 34.9 Å². The first-order valence-electron chi connectivity index (χ1n) is 7.77. The molecule has 0 fully saturated rings. The summed E-state index contributed by atoms with van der Waals surface area (Å²) in [5.74, 6) is 0.553. The summed E-state index contributed by atoms with van der Waals surface area (Å²) in [5, 5.41) is 6.27. The molecule has 21 heavy (non-hydrogen) atoms. The van der Waals surface area contributed by atoms with Gasteiger partial charge in [0.25, 0.3) is 0 Å². The monoisotopic (exact) mass is 290 g/mol. The molecule has 4 nitrogen and oxygen atoms in total. The zero-order valence-electron chi connectivity index (χ0n) is 13.2. The summed E-state index contributed by atoms with van der Waals surface area (Å²) in [4.78, 5) is 12.0. The van der Waals surface area contributed by atoms with Gasteiger partial charge < -0.3 is 15.4 Å². The minimum atomic E-state index is -0.389. The van der Waals surface area contributed by atoms with Crippen molar-refractivity contribution in [3.8, 4) is 0 Å². The molecule has 1 heterocycles. The van der Waals surface area contributed by atoms with Gasteiger partial charge in [0.2, 0.25) is 5.91 Å². The van der Waals surface area contributed by atoms with E-state index in [1.165, 1.54) is 11.1 Å². The maximum atomic E-state index is 12.0. The number of ether oxygens (including phenoxy) is 1. The fraction of sp³-hybridized carbons (Fsp3) is 0.588. The molecule has 1 aromatic carbocycles. The van der Waals surface area contributed by atoms with E-state index in [2.05, 4.69) is 42.7 Å². The maximum Gasteiger partial charge on any atom is 0.249 e. The Morgan fingerprint density at radius 2 is 2.05 bits per heavy atom. The summed E-state index contributed by atoms with van der Waals surface area (Å²) in [6.07, 6.45) is 0.593. The van der Waals surface area contributed by atoms with Gasteiger partial charge in [-0.15, -0.1) is 0 Å². The molecule has 4 heteroatoms. The van der Waals surface area contributed by atoms with E-state index in [0.29, 0.717) is 19.1 Å². The smallest absolute Gasteiger partial charge is 0.249 e. The Bertz CT molecular complexity index is 486. The third-order valence-corrected chi connectivity index (χ3v) is 3.80. The fourth-order valence-corrected chi connectivity index (χ4v) is 2.35. The zero-order valence-corrected chi connectivity index (χ0v) is 13.2. The van der Waals surface area contributed by atoms with Crippen molar-refractivity contribution in [1.82, 2.24) is 10.6 Å². The van der Waals surface area contributed by atoms with Gasteiger partial charge in [0.15, 0.2) is 0 Å². The third kappa shape index (κ3) is 4.83. The molecule has 0 spiro atoms. The second-order valence-corrected chi connectivity index (χ2v) is 6.12. The van der Waals surface area contributed by atoms with Gasteiger partial charge in [-0.3, -0.25) is 4.79 Å². The molecule has 1 aliphatic heterocycles. The minimum Gasteiger partial charge on any atom is -0.369 e. The molecule has 2 N–H and O–H groups in total. The number of carbonyl (C=O) groups is 1. The minimum absolute atomic E-state index is 0.0441. The van der Waals surface area contributed by atoms with Crippen LogP contribution in [0.25, 0.3) is 0 Å². The van der Waals surface area contributed by atoms with E-state index < -0.39 is 0 Å². The van der Waals surface area contributed by atoms with Crippen molar-refractivity contribution in [3.63, 3.8) is 0 Å². The molecule has 2 rings (SSSR count). The SMILES string of the molecule is CC(C)CCOC(C)C(=O)NCc1ccc2c(c1)CNC2. The van der Waals surface area contributed by atoms with Gasteiger partial charge >= 0.3 is 0 Å². The van der Waals surface area contributed by atoms with Crippen LogP contribution in [0, 0.1) is 5.92 Å². The lowest BCUT2D eigenvalue weighted by Gasteiger charge is -2.14. The van der Waals surface area contributed by atoms with Crippen molar-refractivity contribution in [1.29, 1.82) is 0 Å². The highest BCUT2D eigenvalue weighted by molar-refractivity contribution is 5.80. The highest BCUT2D eigenvalue weighted by Gasteiger charge is 2.14. The Balaban J connectivity index is 1.75. The van der Waals surface area contributed by atoms with Crippen molar-refractivity contribution < 1.29 is 9.53 Å². The van der Waals surface area contributed by atoms with Crippen molar-refractivity contribution in [2.24, 2.45) is 5.92 Å². The number of hydrogen-bond acceptors (Lipinski definition) is 3. The second-order valence-electron chi connectivity index (χ2n) is 6.12. The van der Waals surface area contributed by atoms with Crippen LogP contribution in [-0.2, 0) is 29.2 Å². The predicted molar refractivity (Wildman–Crippen MR) is 83.7 cm³/mol. The predicted octanol–water partition coefficient (Wildman–Crippen LogP) is 2.36. The number of rotatable bonds is 7. The van der Waals surface area contributed by atoms with Crippen LogP contribution in [0.4, 0.5) is 0 Å². The van der Waals surface area contributed by atoms with Gasteiger partial charge in [-0.1, -0.05) is 32.0 Å². The van der Waals surface area contributed by atoms with Crippen LogP contribution in [0.3, 0.4) is 0 Å². The molecule has 0 radical (unpaired) electrons. The van der Waals surface area contributed by atoms with Crippen molar-refractivity contribution in [2.75, 3.05) is 6.61 Å². The second kappa shape index (κ2) is 7.57. The molecule has 1 aromatic rings. The quantitative estimate of drug-likeness (QED) is 0.810. The first kappa shape index (κ1) is 16.0. The van der Waals surface area contributed by atoms with Crippen LogP contribution < -0.4 is 10.6 Å². The Morgan fingerprint density at radius 1 is 1.29 bits per heavy atom. The fourth-order valence-electron chi connectivity index (χ4n) is 2.35. The molecule has 0 aromatic heterocycles. The van der Waals surface area contributed by atoms with E-state index in [1.54, 1.807) is 0 Å². The molecular weight excluding hydrogens is 264 g/mol. The standard InChI is InChI=1S/C17H26N2O2/c1-12(2)6-7-21-13(3)17(20)19-9-14-4-5-15-10-18-11-16(15)8-14/h4-5,8,12-13,18H,6-7,9-11H2,1-3H3,(H,19,20). The zero-order chi connectivity index (χ0) is 15.2. The summed E-state index contributed by atoms with van der Waals surface area (Å²) in [6.45, 7) is 9.17. The average molecular weight is 290 g/mol. The molecule has 1 atom stereocenters. The lowest BCUT2D eigenvalue weighted by atomic mass is 10.1. The Kier molecular flexibility index (Phi) is 5.76. The Hall–Kier alpha value is -1.39. The van der Waals surface area contributed by atoms with Crippen LogP contribution in [-0.4, -0.2) is 18.6 Å². The number of benzene rings is 1. The highest BCUT2D eigenvalue weighted by Crippen LogP contribution is 2.16. The molecule has 0 saturated carbocycles. The summed E-state index contributed by atoms with van der Waals surface area (Å²) >= 11 is 0. The van der Waals surface area contributed by atoms with Gasteiger partial charge in [0, 0.05) is 26.2 Å². The molecule has 0 saturated heterocycles. The number of carbonyl (C=O) groups excluding carboxylic acids is 1. The van der Waals surface area contributed by atoms with Gasteiger partial charge in [-0.2, -0.15) is 0 Å². The Labute approximate surface area is 127 Å². The Morgan fingerprint density at radius 3 is 2.81 bits per heavy atom. The van der Waals surface area contributed by atoms with E-state index in [0.717, 1.165) is 25.1 Å². The lowest BCUT2D eigenvalue weighted by Crippen LogP contribution is -2.34. The number of nitrogens with one attached hydrogen (secondary N) is 2. The molecule has 0 aliphatic carbocycles. The van der Waals surface area contributed by atoms with Crippen LogP contribution in [0.1, 0.15) is 43.9 Å². The van der Waals surface area contributed by atoms with Crippen LogP contribution in [0.2, 0.25) is 0 Å². The molecule has 116 valence electrons. The highest BCUT2D eigenvalue weighted by atomic mass is 16.5. The summed E-state index contributed by atoms with van der Waals surface area (Å²) in [6, 6.07) is 6.38. The molecule has 0 bridgehead atoms. The van der Waals surface area contributed by atoms with Crippen LogP contribution in [0.15, 0.2) is 18.2 Å². The molecular formula is C17H26N2O2. The summed E-state index contributed by atoms with van der Waals surface area (Å²) in [7, 11) is 0. The van der Waals surface area contributed by atoms with Gasteiger partial charge in [-0.05, 0) is 36.0 Å². The van der Waals surface area contributed by atoms with Gasteiger partial charge in [0.05, 0.1) is 0 Å². The van der Waals surface area contributed by atoms with Crippen molar-refractivity contribution >= 4 is 5.91 Å². The topological polar surface area (TPSA) is 50.4 Å². The number of hydrogen-bond donors (Lipinski definition) is 2. The van der Waals surface area contributed by atoms with E-state index in [-0.39, 0.29) is 12.0 Å². The van der Waals surface area contributed by atoms with E-state index in [9.17, 15) is 4.79 Å². The number of amides is 1. The molecule has 1 unspecified atom stereocenters. The maximum absolute atomic E-state index is 12.0. The first-order chi connectivity index (χ1) is 10.1. The van der Waals surface area contributed by atoms with E-state index >= 15 is 0 Å². The normalized spacial score (nSPS) is 15.0. The third-order valence-electron chi connectivity index (χ3n) is 3.80. The van der Waals surface area contributed by atoms with Crippen molar-refractivity contribution in [2.45, 2.75) is 52.9 Å². The summed E-state index contributed by atoms with van der Waals surface area (Å²) in [5.41, 5.74) is 3.83. The largest absolute Gasteiger partial charge is 0.369 e. The lowest BCUT2D eigenvalue weighted by molar-refractivity contribution is -0.132. The molecule has 1 aliphatic rings. The first-order valence-corrected chi connectivity index (χ1v) is 7.77. The van der Waals surface area contributed by atoms with E-state index in [4.69, 9.17) is 4.74 Å². The summed E-state index contributed by atoms with van der Waals surface area (Å²) < 4.78 is 5.55. The average Bonchev–Trinajstić information content (AvgIpc) is 2.91. The van der Waals surface area contributed by atoms with E-state index in [1.807, 2.05) is 6.92 Å². The van der Waals surface area contributed by atoms with Crippen LogP contribution >= 0.6 is 0 Å². The van der Waals surface area contributed by atoms with Gasteiger partial charge in [0.1, 0.15) is 6.10 Å². The van der Waals surface area contributed by atoms with Crippen LogP contribution in [0.5, 0.6) is 0 Å². The number of fused-ring (bicyclic) bond motifs is 1. The molecule has 1 amide bonds.